The predicted molar refractivity (Wildman–Crippen MR) is 62.5 cm³/mol. The molecule has 0 fully saturated rings. The summed E-state index contributed by atoms with van der Waals surface area (Å²) in [7, 11) is 0. The normalized spacial score (nSPS) is 9.94. The minimum atomic E-state index is -0.364. The van der Waals surface area contributed by atoms with Gasteiger partial charge in [-0.25, -0.2) is 4.79 Å². The number of benzene rings is 1. The van der Waals surface area contributed by atoms with Gasteiger partial charge in [-0.1, -0.05) is 0 Å². The van der Waals surface area contributed by atoms with Gasteiger partial charge in [0.05, 0.1) is 6.61 Å². The van der Waals surface area contributed by atoms with Crippen molar-refractivity contribution in [1.82, 2.24) is 0 Å². The van der Waals surface area contributed by atoms with Gasteiger partial charge in [0.1, 0.15) is 5.75 Å². The van der Waals surface area contributed by atoms with E-state index < -0.39 is 0 Å². The van der Waals surface area contributed by atoms with E-state index in [2.05, 4.69) is 0 Å². The highest BCUT2D eigenvalue weighted by Crippen LogP contribution is 2.24. The number of anilines is 1. The van der Waals surface area contributed by atoms with Crippen LogP contribution in [-0.2, 0) is 9.53 Å². The molecule has 0 bridgehead atoms. The Bertz CT molecular complexity index is 388. The van der Waals surface area contributed by atoms with Gasteiger partial charge in [0.15, 0.2) is 6.61 Å². The third-order valence-electron chi connectivity index (χ3n) is 2.21. The SMILES string of the molecule is CCOC(=O)COc1cc(C)c(N)cc1C. The number of ether oxygens (including phenoxy) is 2. The summed E-state index contributed by atoms with van der Waals surface area (Å²) < 4.78 is 10.1. The fourth-order valence-corrected chi connectivity index (χ4v) is 1.31. The monoisotopic (exact) mass is 223 g/mol. The number of esters is 1. The van der Waals surface area contributed by atoms with E-state index in [9.17, 15) is 4.79 Å². The molecule has 1 rings (SSSR count). The lowest BCUT2D eigenvalue weighted by Crippen LogP contribution is -2.15. The molecule has 0 radical (unpaired) electrons. The van der Waals surface area contributed by atoms with Crippen LogP contribution in [0.25, 0.3) is 0 Å². The number of nitrogen functional groups attached to an aromatic ring is 1. The van der Waals surface area contributed by atoms with Crippen molar-refractivity contribution in [2.24, 2.45) is 0 Å². The Hall–Kier alpha value is -1.71. The van der Waals surface area contributed by atoms with E-state index in [1.165, 1.54) is 0 Å². The second kappa shape index (κ2) is 5.39. The Kier molecular flexibility index (Phi) is 4.17. The molecule has 4 heteroatoms. The first-order valence-electron chi connectivity index (χ1n) is 5.19. The number of hydrogen-bond donors (Lipinski definition) is 1. The molecule has 0 aromatic heterocycles. The fourth-order valence-electron chi connectivity index (χ4n) is 1.31. The van der Waals surface area contributed by atoms with Crippen molar-refractivity contribution in [2.75, 3.05) is 18.9 Å². The molecule has 0 heterocycles. The van der Waals surface area contributed by atoms with Crippen LogP contribution >= 0.6 is 0 Å². The van der Waals surface area contributed by atoms with E-state index in [1.807, 2.05) is 26.0 Å². The van der Waals surface area contributed by atoms with E-state index >= 15 is 0 Å². The predicted octanol–water partition coefficient (Wildman–Crippen LogP) is 1.83. The van der Waals surface area contributed by atoms with Crippen LogP contribution in [0.1, 0.15) is 18.1 Å². The van der Waals surface area contributed by atoms with Crippen molar-refractivity contribution in [3.8, 4) is 5.75 Å². The van der Waals surface area contributed by atoms with Crippen LogP contribution < -0.4 is 10.5 Å². The standard InChI is InChI=1S/C12H17NO3/c1-4-15-12(14)7-16-11-6-8(2)10(13)5-9(11)3/h5-6H,4,7,13H2,1-3H3. The summed E-state index contributed by atoms with van der Waals surface area (Å²) in [5, 5.41) is 0. The van der Waals surface area contributed by atoms with E-state index in [-0.39, 0.29) is 12.6 Å². The summed E-state index contributed by atoms with van der Waals surface area (Å²) in [5.41, 5.74) is 8.31. The number of carbonyl (C=O) groups excluding carboxylic acids is 1. The smallest absolute Gasteiger partial charge is 0.344 e. The first kappa shape index (κ1) is 12.4. The summed E-state index contributed by atoms with van der Waals surface area (Å²) in [6.07, 6.45) is 0. The number of hydrogen-bond acceptors (Lipinski definition) is 4. The van der Waals surface area contributed by atoms with Crippen molar-refractivity contribution in [3.05, 3.63) is 23.3 Å². The largest absolute Gasteiger partial charge is 0.482 e. The van der Waals surface area contributed by atoms with Gasteiger partial charge in [-0.15, -0.1) is 0 Å². The molecule has 0 unspecified atom stereocenters. The van der Waals surface area contributed by atoms with E-state index in [1.54, 1.807) is 6.92 Å². The van der Waals surface area contributed by atoms with Crippen LogP contribution in [0.4, 0.5) is 5.69 Å². The zero-order chi connectivity index (χ0) is 12.1. The van der Waals surface area contributed by atoms with Gasteiger partial charge in [-0.3, -0.25) is 0 Å². The lowest BCUT2D eigenvalue weighted by atomic mass is 10.1. The lowest BCUT2D eigenvalue weighted by Gasteiger charge is -2.10. The quantitative estimate of drug-likeness (QED) is 0.624. The zero-order valence-electron chi connectivity index (χ0n) is 9.87. The molecule has 16 heavy (non-hydrogen) atoms. The molecule has 0 spiro atoms. The summed E-state index contributed by atoms with van der Waals surface area (Å²) in [5.74, 6) is 0.302. The van der Waals surface area contributed by atoms with Crippen LogP contribution in [0.15, 0.2) is 12.1 Å². The molecular formula is C12H17NO3. The molecule has 88 valence electrons. The maximum Gasteiger partial charge on any atom is 0.344 e. The summed E-state index contributed by atoms with van der Waals surface area (Å²) in [6, 6.07) is 3.65. The van der Waals surface area contributed by atoms with E-state index in [0.717, 1.165) is 16.8 Å². The fraction of sp³-hybridized carbons (Fsp3) is 0.417. The Balaban J connectivity index is 2.67. The summed E-state index contributed by atoms with van der Waals surface area (Å²) >= 11 is 0. The third-order valence-corrected chi connectivity index (χ3v) is 2.21. The van der Waals surface area contributed by atoms with Crippen LogP contribution in [0.3, 0.4) is 0 Å². The van der Waals surface area contributed by atoms with Gasteiger partial charge < -0.3 is 15.2 Å². The Labute approximate surface area is 95.3 Å². The Morgan fingerprint density at radius 1 is 1.31 bits per heavy atom. The molecule has 0 aliphatic heterocycles. The molecule has 0 aliphatic rings. The van der Waals surface area contributed by atoms with E-state index in [0.29, 0.717) is 12.4 Å². The number of carbonyl (C=O) groups is 1. The van der Waals surface area contributed by atoms with Crippen molar-refractivity contribution in [1.29, 1.82) is 0 Å². The third kappa shape index (κ3) is 3.15. The molecule has 2 N–H and O–H groups in total. The molecule has 0 saturated carbocycles. The second-order valence-electron chi connectivity index (χ2n) is 3.57. The average molecular weight is 223 g/mol. The van der Waals surface area contributed by atoms with Gasteiger partial charge in [0, 0.05) is 5.69 Å². The van der Waals surface area contributed by atoms with Crippen molar-refractivity contribution in [3.63, 3.8) is 0 Å². The van der Waals surface area contributed by atoms with Crippen molar-refractivity contribution < 1.29 is 14.3 Å². The highest BCUT2D eigenvalue weighted by atomic mass is 16.6. The molecule has 0 saturated heterocycles. The van der Waals surface area contributed by atoms with Gasteiger partial charge >= 0.3 is 5.97 Å². The molecule has 0 amide bonds. The van der Waals surface area contributed by atoms with Crippen LogP contribution in [0, 0.1) is 13.8 Å². The van der Waals surface area contributed by atoms with E-state index in [4.69, 9.17) is 15.2 Å². The van der Waals surface area contributed by atoms with Crippen molar-refractivity contribution in [2.45, 2.75) is 20.8 Å². The van der Waals surface area contributed by atoms with Gasteiger partial charge in [-0.2, -0.15) is 0 Å². The van der Waals surface area contributed by atoms with Crippen molar-refractivity contribution >= 4 is 11.7 Å². The first-order valence-corrected chi connectivity index (χ1v) is 5.19. The number of aryl methyl sites for hydroxylation is 2. The molecule has 1 aromatic carbocycles. The molecular weight excluding hydrogens is 206 g/mol. The van der Waals surface area contributed by atoms with Gasteiger partial charge in [0.25, 0.3) is 0 Å². The molecule has 1 aromatic rings. The Morgan fingerprint density at radius 2 is 2.00 bits per heavy atom. The maximum atomic E-state index is 11.1. The number of nitrogens with two attached hydrogens (primary N) is 1. The topological polar surface area (TPSA) is 61.5 Å². The summed E-state index contributed by atoms with van der Waals surface area (Å²) in [6.45, 7) is 5.83. The average Bonchev–Trinajstić information content (AvgIpc) is 2.22. The molecule has 4 nitrogen and oxygen atoms in total. The lowest BCUT2D eigenvalue weighted by molar-refractivity contribution is -0.145. The second-order valence-corrected chi connectivity index (χ2v) is 3.57. The van der Waals surface area contributed by atoms with Crippen LogP contribution in [0.2, 0.25) is 0 Å². The Morgan fingerprint density at radius 3 is 2.62 bits per heavy atom. The van der Waals surface area contributed by atoms with Crippen LogP contribution in [-0.4, -0.2) is 19.2 Å². The minimum Gasteiger partial charge on any atom is -0.482 e. The summed E-state index contributed by atoms with van der Waals surface area (Å²) in [4.78, 5) is 11.1. The number of rotatable bonds is 4. The van der Waals surface area contributed by atoms with Gasteiger partial charge in [0.2, 0.25) is 0 Å². The first-order chi connectivity index (χ1) is 7.54. The maximum absolute atomic E-state index is 11.1. The highest BCUT2D eigenvalue weighted by molar-refractivity contribution is 5.71. The molecule has 0 aliphatic carbocycles. The zero-order valence-corrected chi connectivity index (χ0v) is 9.87. The van der Waals surface area contributed by atoms with Crippen LogP contribution in [0.5, 0.6) is 5.75 Å². The highest BCUT2D eigenvalue weighted by Gasteiger charge is 2.07. The minimum absolute atomic E-state index is 0.0714. The molecule has 0 atom stereocenters. The van der Waals surface area contributed by atoms with Gasteiger partial charge in [-0.05, 0) is 44.0 Å².